The third kappa shape index (κ3) is 5.62. The molecule has 36 heavy (non-hydrogen) atoms. The van der Waals surface area contributed by atoms with Gasteiger partial charge in [0.05, 0.1) is 28.5 Å². The van der Waals surface area contributed by atoms with Crippen molar-refractivity contribution >= 4 is 41.1 Å². The Morgan fingerprint density at radius 3 is 2.72 bits per heavy atom. The number of hydrogen-bond donors (Lipinski definition) is 2. The Labute approximate surface area is 215 Å². The zero-order valence-electron chi connectivity index (χ0n) is 19.9. The largest absolute Gasteiger partial charge is 0.464 e. The molecule has 1 aliphatic heterocycles. The molecule has 0 unspecified atom stereocenters. The monoisotopic (exact) mass is 531 g/mol. The van der Waals surface area contributed by atoms with Crippen LogP contribution in [0.15, 0.2) is 50.5 Å². The van der Waals surface area contributed by atoms with E-state index >= 15 is 0 Å². The summed E-state index contributed by atoms with van der Waals surface area (Å²) in [4.78, 5) is 38.6. The van der Waals surface area contributed by atoms with Gasteiger partial charge < -0.3 is 29.1 Å². The van der Waals surface area contributed by atoms with Crippen LogP contribution in [-0.4, -0.2) is 51.7 Å². The lowest BCUT2D eigenvalue weighted by Gasteiger charge is -2.27. The summed E-state index contributed by atoms with van der Waals surface area (Å²) in [7, 11) is 0. The Kier molecular flexibility index (Phi) is 8.10. The van der Waals surface area contributed by atoms with Gasteiger partial charge >= 0.3 is 18.0 Å². The standard InChI is InChI=1S/C23H25N5O6S2/c1-4-28-20(16-7-6-10-35-16)26-27-23(28)36-12-17(29)33-11-14-18(21(30)32-5-2)19(25-22(31)24-14)15-9-8-13(3)34-15/h6-10,19H,4-5,11-12H2,1-3H3,(H2,24,25,31)/t19-/m1/s1. The number of carbonyl (C=O) groups excluding carboxylic acids is 3. The average molecular weight is 532 g/mol. The molecule has 0 aromatic carbocycles. The van der Waals surface area contributed by atoms with Gasteiger partial charge in [0.1, 0.15) is 24.2 Å². The summed E-state index contributed by atoms with van der Waals surface area (Å²) >= 11 is 2.76. The van der Waals surface area contributed by atoms with Gasteiger partial charge in [0, 0.05) is 6.54 Å². The lowest BCUT2D eigenvalue weighted by molar-refractivity contribution is -0.141. The first-order valence-electron chi connectivity index (χ1n) is 11.2. The van der Waals surface area contributed by atoms with Gasteiger partial charge in [-0.25, -0.2) is 9.59 Å². The van der Waals surface area contributed by atoms with Crippen LogP contribution >= 0.6 is 23.1 Å². The van der Waals surface area contributed by atoms with Crippen LogP contribution in [0.2, 0.25) is 0 Å². The minimum atomic E-state index is -0.881. The molecule has 11 nitrogen and oxygen atoms in total. The molecule has 4 heterocycles. The van der Waals surface area contributed by atoms with E-state index in [9.17, 15) is 14.4 Å². The van der Waals surface area contributed by atoms with Crippen molar-refractivity contribution in [2.75, 3.05) is 19.0 Å². The maximum atomic E-state index is 12.8. The molecule has 0 fully saturated rings. The topological polar surface area (TPSA) is 138 Å². The number of nitrogens with one attached hydrogen (secondary N) is 2. The molecule has 4 rings (SSSR count). The van der Waals surface area contributed by atoms with Crippen LogP contribution in [0.1, 0.15) is 31.4 Å². The first-order chi connectivity index (χ1) is 17.4. The first kappa shape index (κ1) is 25.5. The summed E-state index contributed by atoms with van der Waals surface area (Å²) in [5.74, 6) is 0.499. The van der Waals surface area contributed by atoms with Crippen LogP contribution in [-0.2, 0) is 25.6 Å². The summed E-state index contributed by atoms with van der Waals surface area (Å²) in [6.07, 6.45) is 0. The second kappa shape index (κ2) is 11.4. The summed E-state index contributed by atoms with van der Waals surface area (Å²) in [6.45, 7) is 5.86. The van der Waals surface area contributed by atoms with Gasteiger partial charge in [-0.1, -0.05) is 17.8 Å². The number of amides is 2. The van der Waals surface area contributed by atoms with Gasteiger partial charge in [-0.05, 0) is 44.4 Å². The number of thiophene rings is 1. The van der Waals surface area contributed by atoms with Crippen molar-refractivity contribution in [3.63, 3.8) is 0 Å². The van der Waals surface area contributed by atoms with Crippen LogP contribution in [0.25, 0.3) is 10.7 Å². The highest BCUT2D eigenvalue weighted by atomic mass is 32.2. The predicted molar refractivity (Wildman–Crippen MR) is 132 cm³/mol. The van der Waals surface area contributed by atoms with Crippen molar-refractivity contribution in [1.82, 2.24) is 25.4 Å². The highest BCUT2D eigenvalue weighted by molar-refractivity contribution is 7.99. The van der Waals surface area contributed by atoms with E-state index in [0.717, 1.165) is 10.7 Å². The Balaban J connectivity index is 1.46. The van der Waals surface area contributed by atoms with Crippen molar-refractivity contribution < 1.29 is 28.3 Å². The fourth-order valence-corrected chi connectivity index (χ4v) is 5.11. The van der Waals surface area contributed by atoms with Gasteiger partial charge in [0.25, 0.3) is 0 Å². The number of thioether (sulfide) groups is 1. The second-order valence-corrected chi connectivity index (χ2v) is 9.46. The fraction of sp³-hybridized carbons (Fsp3) is 0.348. The Hall–Kier alpha value is -3.58. The minimum absolute atomic E-state index is 0.0302. The number of ether oxygens (including phenoxy) is 2. The SMILES string of the molecule is CCOC(=O)C1=C(COC(=O)CSc2nnc(-c3cccs3)n2CC)NC(=O)N[C@@H]1c1ccc(C)o1. The van der Waals surface area contributed by atoms with E-state index in [1.165, 1.54) is 11.8 Å². The molecule has 13 heteroatoms. The van der Waals surface area contributed by atoms with Gasteiger partial charge in [0.2, 0.25) is 0 Å². The Morgan fingerprint density at radius 1 is 1.22 bits per heavy atom. The second-order valence-electron chi connectivity index (χ2n) is 7.57. The van der Waals surface area contributed by atoms with Crippen molar-refractivity contribution in [3.8, 4) is 10.7 Å². The average Bonchev–Trinajstić information content (AvgIpc) is 3.61. The quantitative estimate of drug-likeness (QED) is 0.298. The third-order valence-electron chi connectivity index (χ3n) is 5.17. The van der Waals surface area contributed by atoms with Crippen molar-refractivity contribution in [2.24, 2.45) is 0 Å². The number of rotatable bonds is 10. The van der Waals surface area contributed by atoms with Gasteiger partial charge in [-0.15, -0.1) is 21.5 Å². The van der Waals surface area contributed by atoms with Crippen molar-refractivity contribution in [3.05, 3.63) is 52.4 Å². The number of esters is 2. The highest BCUT2D eigenvalue weighted by Gasteiger charge is 2.36. The van der Waals surface area contributed by atoms with Gasteiger partial charge in [-0.3, -0.25) is 4.79 Å². The molecular weight excluding hydrogens is 506 g/mol. The summed E-state index contributed by atoms with van der Waals surface area (Å²) in [6, 6.07) is 5.85. The maximum Gasteiger partial charge on any atom is 0.338 e. The lowest BCUT2D eigenvalue weighted by Crippen LogP contribution is -2.47. The molecule has 190 valence electrons. The van der Waals surface area contributed by atoms with Crippen LogP contribution in [0, 0.1) is 6.92 Å². The summed E-state index contributed by atoms with van der Waals surface area (Å²) in [5.41, 5.74) is 0.240. The van der Waals surface area contributed by atoms with Crippen molar-refractivity contribution in [2.45, 2.75) is 38.5 Å². The van der Waals surface area contributed by atoms with Crippen LogP contribution in [0.3, 0.4) is 0 Å². The molecule has 3 aromatic rings. The third-order valence-corrected chi connectivity index (χ3v) is 6.97. The molecule has 1 atom stereocenters. The number of aromatic nitrogens is 3. The number of carbonyl (C=O) groups is 3. The predicted octanol–water partition coefficient (Wildman–Crippen LogP) is 3.43. The number of hydrogen-bond acceptors (Lipinski definition) is 10. The number of furan rings is 1. The van der Waals surface area contributed by atoms with E-state index < -0.39 is 24.0 Å². The van der Waals surface area contributed by atoms with Gasteiger partial charge in [0.15, 0.2) is 11.0 Å². The first-order valence-corrected chi connectivity index (χ1v) is 13.1. The smallest absolute Gasteiger partial charge is 0.338 e. The number of aryl methyl sites for hydroxylation is 1. The van der Waals surface area contributed by atoms with Crippen LogP contribution in [0.4, 0.5) is 4.79 Å². The molecule has 0 radical (unpaired) electrons. The zero-order chi connectivity index (χ0) is 25.7. The molecule has 3 aromatic heterocycles. The minimum Gasteiger partial charge on any atom is -0.464 e. The van der Waals surface area contributed by atoms with E-state index in [0.29, 0.717) is 23.2 Å². The number of urea groups is 1. The molecule has 1 aliphatic rings. The van der Waals surface area contributed by atoms with E-state index in [4.69, 9.17) is 13.9 Å². The zero-order valence-corrected chi connectivity index (χ0v) is 21.5. The summed E-state index contributed by atoms with van der Waals surface area (Å²) < 4.78 is 18.1. The molecule has 0 saturated carbocycles. The van der Waals surface area contributed by atoms with Crippen LogP contribution in [0.5, 0.6) is 0 Å². The molecular formula is C23H25N5O6S2. The molecule has 0 saturated heterocycles. The summed E-state index contributed by atoms with van der Waals surface area (Å²) in [5, 5.41) is 16.2. The lowest BCUT2D eigenvalue weighted by atomic mass is 10.0. The Bertz CT molecular complexity index is 1280. The Morgan fingerprint density at radius 2 is 2.06 bits per heavy atom. The van der Waals surface area contributed by atoms with Gasteiger partial charge in [-0.2, -0.15) is 0 Å². The highest BCUT2D eigenvalue weighted by Crippen LogP contribution is 2.30. The van der Waals surface area contributed by atoms with E-state index in [1.807, 2.05) is 29.0 Å². The molecule has 0 bridgehead atoms. The van der Waals surface area contributed by atoms with Crippen LogP contribution < -0.4 is 10.6 Å². The molecule has 0 spiro atoms. The molecule has 2 amide bonds. The maximum absolute atomic E-state index is 12.8. The van der Waals surface area contributed by atoms with Crippen molar-refractivity contribution in [1.29, 1.82) is 0 Å². The normalized spacial score (nSPS) is 15.4. The molecule has 0 aliphatic carbocycles. The number of nitrogens with zero attached hydrogens (tertiary/aromatic N) is 3. The van der Waals surface area contributed by atoms with E-state index in [-0.39, 0.29) is 30.2 Å². The molecule has 2 N–H and O–H groups in total. The van der Waals surface area contributed by atoms with E-state index in [1.54, 1.807) is 37.3 Å². The fourth-order valence-electron chi connectivity index (χ4n) is 3.59. The van der Waals surface area contributed by atoms with E-state index in [2.05, 4.69) is 20.8 Å².